The molecule has 0 aliphatic carbocycles. The Morgan fingerprint density at radius 2 is 1.64 bits per heavy atom. The number of sulfonamides is 1. The lowest BCUT2D eigenvalue weighted by molar-refractivity contribution is -0.128. The van der Waals surface area contributed by atoms with E-state index < -0.39 is 10.0 Å². The quantitative estimate of drug-likeness (QED) is 0.777. The third-order valence-electron chi connectivity index (χ3n) is 4.16. The van der Waals surface area contributed by atoms with Gasteiger partial charge in [-0.25, -0.2) is 13.1 Å². The highest BCUT2D eigenvalue weighted by Gasteiger charge is 2.20. The van der Waals surface area contributed by atoms with Gasteiger partial charge in [0, 0.05) is 30.5 Å². The number of carbonyl (C=O) groups is 1. The van der Waals surface area contributed by atoms with E-state index in [0.717, 1.165) is 28.6 Å². The zero-order valence-electron chi connectivity index (χ0n) is 13.6. The molecule has 1 heterocycles. The zero-order valence-corrected chi connectivity index (χ0v) is 16.0. The molecule has 1 aliphatic rings. The topological polar surface area (TPSA) is 66.5 Å². The van der Waals surface area contributed by atoms with Crippen LogP contribution in [0, 0.1) is 0 Å². The van der Waals surface area contributed by atoms with Crippen molar-refractivity contribution >= 4 is 31.9 Å². The number of amides is 1. The van der Waals surface area contributed by atoms with Crippen LogP contribution < -0.4 is 4.72 Å². The molecule has 1 aliphatic heterocycles. The lowest BCUT2D eigenvalue weighted by atomic mass is 10.1. The smallest absolute Gasteiger partial charge is 0.240 e. The number of rotatable bonds is 6. The molecule has 5 nitrogen and oxygen atoms in total. The van der Waals surface area contributed by atoms with Crippen LogP contribution in [0.4, 0.5) is 0 Å². The molecule has 25 heavy (non-hydrogen) atoms. The van der Waals surface area contributed by atoms with Gasteiger partial charge in [-0.2, -0.15) is 0 Å². The van der Waals surface area contributed by atoms with Gasteiger partial charge in [-0.3, -0.25) is 4.79 Å². The van der Waals surface area contributed by atoms with Crippen molar-refractivity contribution in [2.75, 3.05) is 6.54 Å². The van der Waals surface area contributed by atoms with Crippen LogP contribution in [0.15, 0.2) is 57.9 Å². The first kappa shape index (κ1) is 18.1. The second-order valence-electron chi connectivity index (χ2n) is 6.01. The van der Waals surface area contributed by atoms with Crippen molar-refractivity contribution in [2.45, 2.75) is 30.8 Å². The molecule has 0 radical (unpaired) electrons. The maximum Gasteiger partial charge on any atom is 0.240 e. The molecule has 132 valence electrons. The van der Waals surface area contributed by atoms with Gasteiger partial charge in [0.2, 0.25) is 15.9 Å². The fourth-order valence-corrected chi connectivity index (χ4v) is 4.01. The van der Waals surface area contributed by atoms with E-state index in [0.29, 0.717) is 13.0 Å². The van der Waals surface area contributed by atoms with E-state index in [1.54, 1.807) is 24.3 Å². The Morgan fingerprint density at radius 3 is 2.24 bits per heavy atom. The van der Waals surface area contributed by atoms with Crippen molar-refractivity contribution in [2.24, 2.45) is 0 Å². The Hall–Kier alpha value is -1.70. The fraction of sp³-hybridized carbons (Fsp3) is 0.278. The van der Waals surface area contributed by atoms with E-state index in [1.807, 2.05) is 29.2 Å². The molecular formula is C18H19BrN2O3S. The number of carbonyl (C=O) groups excluding carboxylic acids is 1. The van der Waals surface area contributed by atoms with Crippen molar-refractivity contribution in [3.05, 3.63) is 64.1 Å². The third kappa shape index (κ3) is 4.68. The van der Waals surface area contributed by atoms with Crippen LogP contribution >= 0.6 is 15.9 Å². The molecule has 1 N–H and O–H groups in total. The van der Waals surface area contributed by atoms with Gasteiger partial charge < -0.3 is 4.90 Å². The number of hydrogen-bond donors (Lipinski definition) is 1. The van der Waals surface area contributed by atoms with Gasteiger partial charge in [-0.1, -0.05) is 40.2 Å². The minimum Gasteiger partial charge on any atom is -0.338 e. The molecule has 0 spiro atoms. The number of likely N-dealkylation sites (tertiary alicyclic amines) is 1. The standard InChI is InChI=1S/C18H19BrN2O3S/c19-16-7-9-17(10-8-16)25(23,24)20-12-14-3-5-15(6-4-14)13-21-11-1-2-18(21)22/h3-10,20H,1-2,11-13H2. The Morgan fingerprint density at radius 1 is 1.00 bits per heavy atom. The second kappa shape index (κ2) is 7.68. The maximum atomic E-state index is 12.3. The van der Waals surface area contributed by atoms with Crippen molar-refractivity contribution in [1.29, 1.82) is 0 Å². The van der Waals surface area contributed by atoms with Gasteiger partial charge in [0.25, 0.3) is 0 Å². The Bertz CT molecular complexity index is 849. The number of hydrogen-bond acceptors (Lipinski definition) is 3. The Labute approximate surface area is 156 Å². The first-order chi connectivity index (χ1) is 11.9. The summed E-state index contributed by atoms with van der Waals surface area (Å²) in [5.74, 6) is 0.200. The average Bonchev–Trinajstić information content (AvgIpc) is 3.00. The van der Waals surface area contributed by atoms with E-state index in [1.165, 1.54) is 0 Å². The van der Waals surface area contributed by atoms with Crippen LogP contribution in [0.25, 0.3) is 0 Å². The Kier molecular flexibility index (Phi) is 5.56. The summed E-state index contributed by atoms with van der Waals surface area (Å²) >= 11 is 3.29. The highest BCUT2D eigenvalue weighted by atomic mass is 79.9. The summed E-state index contributed by atoms with van der Waals surface area (Å²) in [5, 5.41) is 0. The lowest BCUT2D eigenvalue weighted by Gasteiger charge is -2.15. The van der Waals surface area contributed by atoms with Crippen LogP contribution in [-0.4, -0.2) is 25.8 Å². The van der Waals surface area contributed by atoms with E-state index in [9.17, 15) is 13.2 Å². The maximum absolute atomic E-state index is 12.3. The minimum atomic E-state index is -3.54. The van der Waals surface area contributed by atoms with Crippen LogP contribution in [-0.2, 0) is 27.9 Å². The van der Waals surface area contributed by atoms with Crippen molar-refractivity contribution in [1.82, 2.24) is 9.62 Å². The van der Waals surface area contributed by atoms with Crippen LogP contribution in [0.1, 0.15) is 24.0 Å². The normalized spacial score (nSPS) is 14.9. The summed E-state index contributed by atoms with van der Waals surface area (Å²) in [6.07, 6.45) is 1.56. The molecule has 2 aromatic rings. The third-order valence-corrected chi connectivity index (χ3v) is 6.10. The lowest BCUT2D eigenvalue weighted by Crippen LogP contribution is -2.24. The summed E-state index contributed by atoms with van der Waals surface area (Å²) in [4.78, 5) is 13.7. The molecule has 7 heteroatoms. The molecule has 1 amide bonds. The summed E-state index contributed by atoms with van der Waals surface area (Å²) in [6.45, 7) is 1.65. The SMILES string of the molecule is O=C1CCCN1Cc1ccc(CNS(=O)(=O)c2ccc(Br)cc2)cc1. The largest absolute Gasteiger partial charge is 0.338 e. The second-order valence-corrected chi connectivity index (χ2v) is 8.70. The van der Waals surface area contributed by atoms with Crippen molar-refractivity contribution < 1.29 is 13.2 Å². The first-order valence-electron chi connectivity index (χ1n) is 8.05. The van der Waals surface area contributed by atoms with Crippen molar-refractivity contribution in [3.63, 3.8) is 0 Å². The van der Waals surface area contributed by atoms with Gasteiger partial charge in [-0.05, 0) is 41.8 Å². The monoisotopic (exact) mass is 422 g/mol. The van der Waals surface area contributed by atoms with Gasteiger partial charge in [-0.15, -0.1) is 0 Å². The molecule has 0 atom stereocenters. The molecular weight excluding hydrogens is 404 g/mol. The number of nitrogens with one attached hydrogen (secondary N) is 1. The van der Waals surface area contributed by atoms with E-state index in [-0.39, 0.29) is 17.3 Å². The number of nitrogens with zero attached hydrogens (tertiary/aromatic N) is 1. The minimum absolute atomic E-state index is 0.200. The van der Waals surface area contributed by atoms with Gasteiger partial charge >= 0.3 is 0 Å². The summed E-state index contributed by atoms with van der Waals surface area (Å²) < 4.78 is 28.0. The molecule has 0 aromatic heterocycles. The highest BCUT2D eigenvalue weighted by Crippen LogP contribution is 2.16. The molecule has 3 rings (SSSR count). The van der Waals surface area contributed by atoms with E-state index >= 15 is 0 Å². The summed E-state index contributed by atoms with van der Waals surface area (Å²) in [7, 11) is -3.54. The molecule has 0 unspecified atom stereocenters. The zero-order chi connectivity index (χ0) is 17.9. The fourth-order valence-electron chi connectivity index (χ4n) is 2.73. The van der Waals surface area contributed by atoms with Crippen LogP contribution in [0.2, 0.25) is 0 Å². The first-order valence-corrected chi connectivity index (χ1v) is 10.3. The number of benzene rings is 2. The number of halogens is 1. The Balaban J connectivity index is 1.59. The van der Waals surface area contributed by atoms with E-state index in [2.05, 4.69) is 20.7 Å². The van der Waals surface area contributed by atoms with Gasteiger partial charge in [0.05, 0.1) is 4.90 Å². The van der Waals surface area contributed by atoms with Gasteiger partial charge in [0.15, 0.2) is 0 Å². The molecule has 0 bridgehead atoms. The molecule has 1 fully saturated rings. The molecule has 0 saturated carbocycles. The van der Waals surface area contributed by atoms with Gasteiger partial charge in [0.1, 0.15) is 0 Å². The predicted molar refractivity (Wildman–Crippen MR) is 99.3 cm³/mol. The van der Waals surface area contributed by atoms with Crippen molar-refractivity contribution in [3.8, 4) is 0 Å². The molecule has 1 saturated heterocycles. The molecule has 2 aromatic carbocycles. The van der Waals surface area contributed by atoms with Crippen LogP contribution in [0.5, 0.6) is 0 Å². The van der Waals surface area contributed by atoms with Crippen LogP contribution in [0.3, 0.4) is 0 Å². The van der Waals surface area contributed by atoms with E-state index in [4.69, 9.17) is 0 Å². The average molecular weight is 423 g/mol. The highest BCUT2D eigenvalue weighted by molar-refractivity contribution is 9.10. The predicted octanol–water partition coefficient (Wildman–Crippen LogP) is 3.05. The summed E-state index contributed by atoms with van der Waals surface area (Å²) in [6, 6.07) is 14.2. The summed E-state index contributed by atoms with van der Waals surface area (Å²) in [5.41, 5.74) is 1.92.